The first-order valence-corrected chi connectivity index (χ1v) is 7.35. The van der Waals surface area contributed by atoms with Crippen LogP contribution in [-0.4, -0.2) is 13.7 Å². The number of para-hydroxylation sites is 1. The molecule has 3 heteroatoms. The van der Waals surface area contributed by atoms with E-state index >= 15 is 0 Å². The molecular weight excluding hydrogens is 265 g/mol. The first-order valence-electron chi connectivity index (χ1n) is 7.35. The first-order chi connectivity index (χ1) is 10.2. The van der Waals surface area contributed by atoms with Gasteiger partial charge >= 0.3 is 0 Å². The van der Waals surface area contributed by atoms with Crippen LogP contribution in [0.3, 0.4) is 0 Å². The van der Waals surface area contributed by atoms with Crippen molar-refractivity contribution >= 4 is 0 Å². The fourth-order valence-corrected chi connectivity index (χ4v) is 3.18. The molecule has 2 atom stereocenters. The largest absolute Gasteiger partial charge is 0.493 e. The van der Waals surface area contributed by atoms with E-state index in [-0.39, 0.29) is 11.9 Å². The number of aryl methyl sites for hydroxylation is 1. The lowest BCUT2D eigenvalue weighted by atomic mass is 9.83. The van der Waals surface area contributed by atoms with E-state index in [1.807, 2.05) is 44.3 Å². The summed E-state index contributed by atoms with van der Waals surface area (Å²) >= 11 is 0. The van der Waals surface area contributed by atoms with Gasteiger partial charge in [0.05, 0.1) is 6.61 Å². The topological polar surface area (TPSA) is 21.3 Å². The van der Waals surface area contributed by atoms with E-state index in [9.17, 15) is 4.39 Å². The van der Waals surface area contributed by atoms with E-state index in [1.165, 1.54) is 5.56 Å². The summed E-state index contributed by atoms with van der Waals surface area (Å²) in [6.07, 6.45) is 0.957. The van der Waals surface area contributed by atoms with Crippen LogP contribution in [0.1, 0.15) is 35.1 Å². The van der Waals surface area contributed by atoms with Gasteiger partial charge in [0.25, 0.3) is 0 Å². The number of rotatable bonds is 3. The number of hydrogen-bond donors (Lipinski definition) is 1. The van der Waals surface area contributed by atoms with Gasteiger partial charge in [-0.1, -0.05) is 30.3 Å². The van der Waals surface area contributed by atoms with Crippen LogP contribution in [0.15, 0.2) is 42.5 Å². The molecule has 1 heterocycles. The Hall–Kier alpha value is -1.87. The third kappa shape index (κ3) is 2.66. The van der Waals surface area contributed by atoms with Gasteiger partial charge in [-0.3, -0.25) is 0 Å². The van der Waals surface area contributed by atoms with Crippen LogP contribution in [0.4, 0.5) is 4.39 Å². The maximum Gasteiger partial charge on any atom is 0.126 e. The molecular formula is C18H20FNO. The van der Waals surface area contributed by atoms with Gasteiger partial charge in [-0.25, -0.2) is 4.39 Å². The van der Waals surface area contributed by atoms with E-state index in [0.717, 1.165) is 24.3 Å². The molecule has 21 heavy (non-hydrogen) atoms. The fourth-order valence-electron chi connectivity index (χ4n) is 3.18. The quantitative estimate of drug-likeness (QED) is 0.921. The summed E-state index contributed by atoms with van der Waals surface area (Å²) in [5.41, 5.74) is 3.04. The minimum atomic E-state index is -0.152. The monoisotopic (exact) mass is 285 g/mol. The lowest BCUT2D eigenvalue weighted by molar-refractivity contribution is 0.248. The predicted molar refractivity (Wildman–Crippen MR) is 82.2 cm³/mol. The van der Waals surface area contributed by atoms with Crippen molar-refractivity contribution in [2.24, 2.45) is 0 Å². The van der Waals surface area contributed by atoms with E-state index in [4.69, 9.17) is 4.74 Å². The van der Waals surface area contributed by atoms with Gasteiger partial charge in [-0.05, 0) is 49.2 Å². The van der Waals surface area contributed by atoms with Gasteiger partial charge in [-0.15, -0.1) is 0 Å². The molecule has 110 valence electrons. The summed E-state index contributed by atoms with van der Waals surface area (Å²) in [4.78, 5) is 0. The molecule has 0 aromatic heterocycles. The van der Waals surface area contributed by atoms with Gasteiger partial charge in [0.15, 0.2) is 0 Å². The molecule has 0 amide bonds. The maximum absolute atomic E-state index is 13.5. The molecule has 1 N–H and O–H groups in total. The lowest BCUT2D eigenvalue weighted by Gasteiger charge is -2.32. The molecule has 2 aromatic rings. The molecule has 0 spiro atoms. The molecule has 2 aromatic carbocycles. The number of halogens is 1. The van der Waals surface area contributed by atoms with E-state index in [0.29, 0.717) is 11.5 Å². The minimum Gasteiger partial charge on any atom is -0.493 e. The number of fused-ring (bicyclic) bond motifs is 1. The Morgan fingerprint density at radius 3 is 2.81 bits per heavy atom. The van der Waals surface area contributed by atoms with Gasteiger partial charge in [0.1, 0.15) is 11.6 Å². The Kier molecular flexibility index (Phi) is 3.93. The first kappa shape index (κ1) is 14.1. The van der Waals surface area contributed by atoms with Crippen LogP contribution < -0.4 is 10.1 Å². The van der Waals surface area contributed by atoms with Crippen LogP contribution in [-0.2, 0) is 0 Å². The molecule has 1 aliphatic heterocycles. The average molecular weight is 285 g/mol. The van der Waals surface area contributed by atoms with Crippen LogP contribution in [0.5, 0.6) is 5.75 Å². The van der Waals surface area contributed by atoms with Gasteiger partial charge in [-0.2, -0.15) is 0 Å². The molecule has 2 nitrogen and oxygen atoms in total. The van der Waals surface area contributed by atoms with Gasteiger partial charge < -0.3 is 10.1 Å². The highest BCUT2D eigenvalue weighted by atomic mass is 19.1. The molecule has 2 unspecified atom stereocenters. The Balaban J connectivity index is 1.99. The smallest absolute Gasteiger partial charge is 0.126 e. The Bertz CT molecular complexity index is 641. The van der Waals surface area contributed by atoms with Crippen molar-refractivity contribution in [3.63, 3.8) is 0 Å². The average Bonchev–Trinajstić information content (AvgIpc) is 2.52. The molecule has 0 bridgehead atoms. The zero-order valence-corrected chi connectivity index (χ0v) is 12.4. The van der Waals surface area contributed by atoms with Crippen LogP contribution in [0.25, 0.3) is 0 Å². The number of benzene rings is 2. The van der Waals surface area contributed by atoms with Gasteiger partial charge in [0, 0.05) is 12.0 Å². The summed E-state index contributed by atoms with van der Waals surface area (Å²) in [6.45, 7) is 2.53. The number of nitrogens with one attached hydrogen (secondary N) is 1. The van der Waals surface area contributed by atoms with Gasteiger partial charge in [0.2, 0.25) is 0 Å². The standard InChI is InChI=1S/C18H20FNO/c1-12-11-13(7-8-16(12)19)18(20-2)15-9-10-21-17-6-4-3-5-14(15)17/h3-8,11,15,18,20H,9-10H2,1-2H3. The third-order valence-corrected chi connectivity index (χ3v) is 4.26. The molecule has 1 aliphatic rings. The fraction of sp³-hybridized carbons (Fsp3) is 0.333. The zero-order valence-electron chi connectivity index (χ0n) is 12.4. The van der Waals surface area contributed by atoms with Crippen molar-refractivity contribution in [2.75, 3.05) is 13.7 Å². The van der Waals surface area contributed by atoms with Crippen molar-refractivity contribution in [3.8, 4) is 5.75 Å². The molecule has 3 rings (SSSR count). The SMILES string of the molecule is CNC(c1ccc(F)c(C)c1)C1CCOc2ccccc21. The lowest BCUT2D eigenvalue weighted by Crippen LogP contribution is -2.28. The second-order valence-electron chi connectivity index (χ2n) is 5.56. The number of likely N-dealkylation sites (N-methyl/N-ethyl adjacent to an activating group) is 1. The molecule has 0 saturated carbocycles. The van der Waals surface area contributed by atoms with Crippen molar-refractivity contribution in [2.45, 2.75) is 25.3 Å². The number of hydrogen-bond acceptors (Lipinski definition) is 2. The summed E-state index contributed by atoms with van der Waals surface area (Å²) < 4.78 is 19.2. The van der Waals surface area contributed by atoms with Crippen molar-refractivity contribution < 1.29 is 9.13 Å². The summed E-state index contributed by atoms with van der Waals surface area (Å²) in [7, 11) is 1.96. The van der Waals surface area contributed by atoms with Crippen LogP contribution in [0, 0.1) is 12.7 Å². The van der Waals surface area contributed by atoms with Crippen molar-refractivity contribution in [1.29, 1.82) is 0 Å². The highest BCUT2D eigenvalue weighted by Gasteiger charge is 2.29. The molecule has 0 radical (unpaired) electrons. The second kappa shape index (κ2) is 5.86. The van der Waals surface area contributed by atoms with E-state index in [2.05, 4.69) is 11.4 Å². The minimum absolute atomic E-state index is 0.152. The summed E-state index contributed by atoms with van der Waals surface area (Å²) in [5, 5.41) is 3.40. The predicted octanol–water partition coefficient (Wildman–Crippen LogP) is 3.96. The highest BCUT2D eigenvalue weighted by molar-refractivity contribution is 5.40. The Labute approximate surface area is 125 Å². The molecule has 0 aliphatic carbocycles. The maximum atomic E-state index is 13.5. The summed E-state index contributed by atoms with van der Waals surface area (Å²) in [6, 6.07) is 13.7. The normalized spacial score (nSPS) is 18.7. The van der Waals surface area contributed by atoms with E-state index in [1.54, 1.807) is 6.07 Å². The molecule has 0 fully saturated rings. The summed E-state index contributed by atoms with van der Waals surface area (Å²) in [5.74, 6) is 1.15. The zero-order chi connectivity index (χ0) is 14.8. The van der Waals surface area contributed by atoms with E-state index < -0.39 is 0 Å². The molecule has 0 saturated heterocycles. The number of ether oxygens (including phenoxy) is 1. The Morgan fingerprint density at radius 2 is 2.05 bits per heavy atom. The Morgan fingerprint density at radius 1 is 1.24 bits per heavy atom. The highest BCUT2D eigenvalue weighted by Crippen LogP contribution is 2.41. The second-order valence-corrected chi connectivity index (χ2v) is 5.56. The van der Waals surface area contributed by atoms with Crippen LogP contribution >= 0.6 is 0 Å². The van der Waals surface area contributed by atoms with Crippen molar-refractivity contribution in [3.05, 3.63) is 65.0 Å². The van der Waals surface area contributed by atoms with Crippen molar-refractivity contribution in [1.82, 2.24) is 5.32 Å². The van der Waals surface area contributed by atoms with Crippen LogP contribution in [0.2, 0.25) is 0 Å². The third-order valence-electron chi connectivity index (χ3n) is 4.26.